The molecule has 0 saturated carbocycles. The van der Waals surface area contributed by atoms with Crippen molar-refractivity contribution in [2.24, 2.45) is 0 Å². The molecule has 0 amide bonds. The highest BCUT2D eigenvalue weighted by atomic mass is 32.1. The molecule has 0 spiro atoms. The molecule has 0 fully saturated rings. The number of nitriles is 1. The summed E-state index contributed by atoms with van der Waals surface area (Å²) in [5, 5.41) is 16.5. The SMILES string of the molecule is Cc1cscc1CNc1nccc(C)c1C#N. The van der Waals surface area contributed by atoms with E-state index in [4.69, 9.17) is 5.26 Å². The molecule has 2 rings (SSSR count). The summed E-state index contributed by atoms with van der Waals surface area (Å²) in [7, 11) is 0. The van der Waals surface area contributed by atoms with Crippen LogP contribution >= 0.6 is 11.3 Å². The van der Waals surface area contributed by atoms with Gasteiger partial charge in [-0.15, -0.1) is 0 Å². The molecular weight excluding hydrogens is 230 g/mol. The number of aryl methyl sites for hydroxylation is 2. The number of pyridine rings is 1. The summed E-state index contributed by atoms with van der Waals surface area (Å²) in [5.41, 5.74) is 4.10. The summed E-state index contributed by atoms with van der Waals surface area (Å²) in [4.78, 5) is 4.21. The summed E-state index contributed by atoms with van der Waals surface area (Å²) < 4.78 is 0. The molecule has 2 heterocycles. The van der Waals surface area contributed by atoms with Crippen molar-refractivity contribution in [1.82, 2.24) is 4.98 Å². The van der Waals surface area contributed by atoms with Gasteiger partial charge in [-0.2, -0.15) is 16.6 Å². The predicted molar refractivity (Wildman–Crippen MR) is 70.1 cm³/mol. The average molecular weight is 243 g/mol. The van der Waals surface area contributed by atoms with E-state index in [9.17, 15) is 0 Å². The molecule has 0 unspecified atom stereocenters. The van der Waals surface area contributed by atoms with E-state index in [0.29, 0.717) is 17.9 Å². The molecule has 4 heteroatoms. The van der Waals surface area contributed by atoms with Crippen LogP contribution in [0.3, 0.4) is 0 Å². The lowest BCUT2D eigenvalue weighted by Gasteiger charge is -2.08. The zero-order valence-corrected chi connectivity index (χ0v) is 10.6. The summed E-state index contributed by atoms with van der Waals surface area (Å²) >= 11 is 1.69. The minimum atomic E-state index is 0.625. The Balaban J connectivity index is 2.18. The number of hydrogen-bond donors (Lipinski definition) is 1. The minimum absolute atomic E-state index is 0.625. The van der Waals surface area contributed by atoms with Crippen molar-refractivity contribution in [3.8, 4) is 6.07 Å². The lowest BCUT2D eigenvalue weighted by molar-refractivity contribution is 1.09. The summed E-state index contributed by atoms with van der Waals surface area (Å²) in [6.45, 7) is 4.71. The first-order valence-corrected chi connectivity index (χ1v) is 6.28. The second-order valence-electron chi connectivity index (χ2n) is 3.90. The third-order valence-electron chi connectivity index (χ3n) is 2.68. The van der Waals surface area contributed by atoms with E-state index >= 15 is 0 Å². The quantitative estimate of drug-likeness (QED) is 0.900. The van der Waals surface area contributed by atoms with E-state index in [1.54, 1.807) is 17.5 Å². The second-order valence-corrected chi connectivity index (χ2v) is 4.64. The molecule has 17 heavy (non-hydrogen) atoms. The highest BCUT2D eigenvalue weighted by molar-refractivity contribution is 7.08. The van der Waals surface area contributed by atoms with Gasteiger partial charge in [0.2, 0.25) is 0 Å². The van der Waals surface area contributed by atoms with E-state index in [1.165, 1.54) is 11.1 Å². The smallest absolute Gasteiger partial charge is 0.144 e. The predicted octanol–water partition coefficient (Wildman–Crippen LogP) is 3.24. The maximum atomic E-state index is 9.08. The Kier molecular flexibility index (Phi) is 3.40. The maximum Gasteiger partial charge on any atom is 0.144 e. The van der Waals surface area contributed by atoms with Crippen molar-refractivity contribution in [1.29, 1.82) is 5.26 Å². The van der Waals surface area contributed by atoms with Crippen LogP contribution in [0.5, 0.6) is 0 Å². The molecule has 2 aromatic heterocycles. The fourth-order valence-electron chi connectivity index (χ4n) is 1.58. The molecular formula is C13H13N3S. The number of rotatable bonds is 3. The van der Waals surface area contributed by atoms with Gasteiger partial charge >= 0.3 is 0 Å². The van der Waals surface area contributed by atoms with E-state index in [1.807, 2.05) is 13.0 Å². The van der Waals surface area contributed by atoms with E-state index in [0.717, 1.165) is 5.56 Å². The molecule has 0 aliphatic carbocycles. The number of nitrogens with one attached hydrogen (secondary N) is 1. The topological polar surface area (TPSA) is 48.7 Å². The van der Waals surface area contributed by atoms with Gasteiger partial charge in [0, 0.05) is 12.7 Å². The number of nitrogens with zero attached hydrogens (tertiary/aromatic N) is 2. The highest BCUT2D eigenvalue weighted by Gasteiger charge is 2.06. The van der Waals surface area contributed by atoms with Gasteiger partial charge in [-0.1, -0.05) is 0 Å². The van der Waals surface area contributed by atoms with Crippen LogP contribution in [0.2, 0.25) is 0 Å². The van der Waals surface area contributed by atoms with E-state index in [2.05, 4.69) is 34.1 Å². The van der Waals surface area contributed by atoms with Gasteiger partial charge in [-0.3, -0.25) is 0 Å². The van der Waals surface area contributed by atoms with Crippen LogP contribution in [0, 0.1) is 25.2 Å². The lowest BCUT2D eigenvalue weighted by atomic mass is 10.1. The highest BCUT2D eigenvalue weighted by Crippen LogP contribution is 2.18. The summed E-state index contributed by atoms with van der Waals surface area (Å²) in [5.74, 6) is 0.665. The average Bonchev–Trinajstić information content (AvgIpc) is 2.72. The zero-order valence-electron chi connectivity index (χ0n) is 9.82. The molecule has 86 valence electrons. The maximum absolute atomic E-state index is 9.08. The molecule has 2 aromatic rings. The zero-order chi connectivity index (χ0) is 12.3. The fraction of sp³-hybridized carbons (Fsp3) is 0.231. The standard InChI is InChI=1S/C13H13N3S/c1-9-3-4-15-13(12(9)5-14)16-6-11-8-17-7-10(11)2/h3-4,7-8H,6H2,1-2H3,(H,15,16). The lowest BCUT2D eigenvalue weighted by Crippen LogP contribution is -2.04. The van der Waals surface area contributed by atoms with Gasteiger partial charge < -0.3 is 5.32 Å². The Labute approximate surface area is 105 Å². The number of aromatic nitrogens is 1. The van der Waals surface area contributed by atoms with Crippen molar-refractivity contribution < 1.29 is 0 Å². The normalized spacial score (nSPS) is 9.94. The first-order valence-electron chi connectivity index (χ1n) is 5.33. The molecule has 0 aromatic carbocycles. The molecule has 0 radical (unpaired) electrons. The van der Waals surface area contributed by atoms with Crippen LogP contribution in [0.15, 0.2) is 23.0 Å². The molecule has 0 aliphatic rings. The number of thiophene rings is 1. The van der Waals surface area contributed by atoms with Crippen LogP contribution in [-0.4, -0.2) is 4.98 Å². The van der Waals surface area contributed by atoms with Crippen molar-refractivity contribution >= 4 is 17.2 Å². The van der Waals surface area contributed by atoms with E-state index in [-0.39, 0.29) is 0 Å². The van der Waals surface area contributed by atoms with Gasteiger partial charge in [-0.25, -0.2) is 4.98 Å². The molecule has 0 aliphatic heterocycles. The van der Waals surface area contributed by atoms with Crippen LogP contribution < -0.4 is 5.32 Å². The van der Waals surface area contributed by atoms with Gasteiger partial charge in [-0.05, 0) is 47.4 Å². The van der Waals surface area contributed by atoms with Gasteiger partial charge in [0.25, 0.3) is 0 Å². The first kappa shape index (κ1) is 11.6. The van der Waals surface area contributed by atoms with Crippen molar-refractivity contribution in [2.45, 2.75) is 20.4 Å². The Morgan fingerprint density at radius 1 is 1.35 bits per heavy atom. The molecule has 0 saturated heterocycles. The molecule has 3 nitrogen and oxygen atoms in total. The van der Waals surface area contributed by atoms with E-state index < -0.39 is 0 Å². The largest absolute Gasteiger partial charge is 0.365 e. The number of anilines is 1. The Bertz CT molecular complexity index is 566. The van der Waals surface area contributed by atoms with Gasteiger partial charge in [0.05, 0.1) is 5.56 Å². The van der Waals surface area contributed by atoms with Crippen LogP contribution in [0.4, 0.5) is 5.82 Å². The Hall–Kier alpha value is -1.86. The fourth-order valence-corrected chi connectivity index (χ4v) is 2.44. The van der Waals surface area contributed by atoms with Crippen LogP contribution in [0.25, 0.3) is 0 Å². The Morgan fingerprint density at radius 3 is 2.82 bits per heavy atom. The second kappa shape index (κ2) is 4.98. The van der Waals surface area contributed by atoms with Crippen LogP contribution in [-0.2, 0) is 6.54 Å². The number of hydrogen-bond acceptors (Lipinski definition) is 4. The Morgan fingerprint density at radius 2 is 2.18 bits per heavy atom. The first-order chi connectivity index (χ1) is 8.22. The summed E-state index contributed by atoms with van der Waals surface area (Å²) in [6, 6.07) is 4.03. The monoisotopic (exact) mass is 243 g/mol. The van der Waals surface area contributed by atoms with Crippen molar-refractivity contribution in [3.05, 3.63) is 45.3 Å². The third kappa shape index (κ3) is 2.45. The van der Waals surface area contributed by atoms with Crippen LogP contribution in [0.1, 0.15) is 22.3 Å². The third-order valence-corrected chi connectivity index (χ3v) is 3.59. The molecule has 0 bridgehead atoms. The van der Waals surface area contributed by atoms with Crippen molar-refractivity contribution in [3.63, 3.8) is 0 Å². The summed E-state index contributed by atoms with van der Waals surface area (Å²) in [6.07, 6.45) is 1.72. The van der Waals surface area contributed by atoms with Gasteiger partial charge in [0.1, 0.15) is 11.9 Å². The van der Waals surface area contributed by atoms with Gasteiger partial charge in [0.15, 0.2) is 0 Å². The molecule has 1 N–H and O–H groups in total. The molecule has 0 atom stereocenters. The minimum Gasteiger partial charge on any atom is -0.365 e. The van der Waals surface area contributed by atoms with Crippen molar-refractivity contribution in [2.75, 3.05) is 5.32 Å².